The Morgan fingerprint density at radius 1 is 0.971 bits per heavy atom. The van der Waals surface area contributed by atoms with Crippen molar-refractivity contribution in [3.8, 4) is 5.75 Å². The van der Waals surface area contributed by atoms with Crippen LogP contribution >= 0.6 is 11.8 Å². The Morgan fingerprint density at radius 3 is 2.09 bits per heavy atom. The standard InChI is InChI=1S/C26H30N2O4S2/c1-6-32-22-9-7-21(8-10-22)28(34(30,31)24-13-11-23(33-5)12-14-24)17-25(29)27-26-19(3)15-18(2)16-20(26)4/h7-16H,6,17H2,1-5H3,(H,27,29). The molecule has 0 aliphatic rings. The van der Waals surface area contributed by atoms with Crippen LogP contribution in [0, 0.1) is 20.8 Å². The van der Waals surface area contributed by atoms with E-state index in [0.717, 1.165) is 25.9 Å². The third-order valence-electron chi connectivity index (χ3n) is 5.31. The van der Waals surface area contributed by atoms with Crippen LogP contribution in [0.3, 0.4) is 0 Å². The zero-order valence-electron chi connectivity index (χ0n) is 20.1. The Labute approximate surface area is 206 Å². The maximum absolute atomic E-state index is 13.6. The molecule has 0 heterocycles. The van der Waals surface area contributed by atoms with Crippen LogP contribution in [0.4, 0.5) is 11.4 Å². The molecule has 0 saturated carbocycles. The minimum atomic E-state index is -4.00. The molecule has 0 aliphatic carbocycles. The number of rotatable bonds is 9. The maximum atomic E-state index is 13.6. The van der Waals surface area contributed by atoms with E-state index in [1.165, 1.54) is 11.8 Å². The number of anilines is 2. The van der Waals surface area contributed by atoms with E-state index >= 15 is 0 Å². The molecule has 0 bridgehead atoms. The van der Waals surface area contributed by atoms with E-state index in [0.29, 0.717) is 23.7 Å². The summed E-state index contributed by atoms with van der Waals surface area (Å²) in [5.74, 6) is 0.205. The van der Waals surface area contributed by atoms with E-state index in [1.807, 2.05) is 46.1 Å². The molecule has 0 radical (unpaired) electrons. The number of hydrogen-bond donors (Lipinski definition) is 1. The van der Waals surface area contributed by atoms with Gasteiger partial charge in [0, 0.05) is 10.6 Å². The number of ether oxygens (including phenoxy) is 1. The summed E-state index contributed by atoms with van der Waals surface area (Å²) in [6.45, 7) is 7.85. The second-order valence-electron chi connectivity index (χ2n) is 7.94. The number of thioether (sulfide) groups is 1. The minimum Gasteiger partial charge on any atom is -0.494 e. The van der Waals surface area contributed by atoms with Crippen molar-refractivity contribution in [1.29, 1.82) is 0 Å². The summed E-state index contributed by atoms with van der Waals surface area (Å²) in [6, 6.07) is 17.3. The molecule has 3 aromatic rings. The zero-order valence-corrected chi connectivity index (χ0v) is 21.7. The van der Waals surface area contributed by atoms with Crippen LogP contribution < -0.4 is 14.4 Å². The molecule has 34 heavy (non-hydrogen) atoms. The van der Waals surface area contributed by atoms with E-state index in [1.54, 1.807) is 48.5 Å². The van der Waals surface area contributed by atoms with Crippen molar-refractivity contribution in [2.45, 2.75) is 37.5 Å². The number of carbonyl (C=O) groups excluding carboxylic acids is 1. The number of hydrogen-bond acceptors (Lipinski definition) is 5. The minimum absolute atomic E-state index is 0.120. The molecule has 1 N–H and O–H groups in total. The average Bonchev–Trinajstić information content (AvgIpc) is 2.80. The Hall–Kier alpha value is -2.97. The summed E-state index contributed by atoms with van der Waals surface area (Å²) < 4.78 is 33.8. The number of carbonyl (C=O) groups is 1. The molecule has 1 amide bonds. The lowest BCUT2D eigenvalue weighted by atomic mass is 10.1. The smallest absolute Gasteiger partial charge is 0.264 e. The van der Waals surface area contributed by atoms with Gasteiger partial charge in [0.15, 0.2) is 0 Å². The molecule has 0 atom stereocenters. The first-order valence-corrected chi connectivity index (χ1v) is 13.6. The van der Waals surface area contributed by atoms with Crippen molar-refractivity contribution < 1.29 is 17.9 Å². The lowest BCUT2D eigenvalue weighted by Gasteiger charge is -2.25. The predicted molar refractivity (Wildman–Crippen MR) is 140 cm³/mol. The Balaban J connectivity index is 1.96. The Kier molecular flexibility index (Phi) is 8.28. The van der Waals surface area contributed by atoms with Crippen molar-refractivity contribution >= 4 is 39.1 Å². The summed E-state index contributed by atoms with van der Waals surface area (Å²) in [4.78, 5) is 14.2. The van der Waals surface area contributed by atoms with Gasteiger partial charge in [-0.2, -0.15) is 0 Å². The van der Waals surface area contributed by atoms with Crippen LogP contribution in [0.1, 0.15) is 23.6 Å². The van der Waals surface area contributed by atoms with Gasteiger partial charge in [0.2, 0.25) is 5.91 Å². The van der Waals surface area contributed by atoms with Crippen LogP contribution in [-0.2, 0) is 14.8 Å². The lowest BCUT2D eigenvalue weighted by molar-refractivity contribution is -0.114. The molecule has 0 unspecified atom stereocenters. The number of nitrogens with zero attached hydrogens (tertiary/aromatic N) is 1. The average molecular weight is 499 g/mol. The molecule has 180 valence electrons. The SMILES string of the molecule is CCOc1ccc(N(CC(=O)Nc2c(C)cc(C)cc2C)S(=O)(=O)c2ccc(SC)cc2)cc1. The highest BCUT2D eigenvalue weighted by molar-refractivity contribution is 7.98. The van der Waals surface area contributed by atoms with Gasteiger partial charge in [-0.1, -0.05) is 17.7 Å². The van der Waals surface area contributed by atoms with Gasteiger partial charge < -0.3 is 10.1 Å². The topological polar surface area (TPSA) is 75.7 Å². The van der Waals surface area contributed by atoms with Gasteiger partial charge in [0.25, 0.3) is 10.0 Å². The highest BCUT2D eigenvalue weighted by Crippen LogP contribution is 2.28. The predicted octanol–water partition coefficient (Wildman–Crippen LogP) is 5.57. The van der Waals surface area contributed by atoms with E-state index in [2.05, 4.69) is 5.32 Å². The van der Waals surface area contributed by atoms with Crippen molar-refractivity contribution in [2.24, 2.45) is 0 Å². The summed E-state index contributed by atoms with van der Waals surface area (Å²) in [5.41, 5.74) is 4.03. The first kappa shape index (κ1) is 25.6. The van der Waals surface area contributed by atoms with E-state index in [9.17, 15) is 13.2 Å². The third kappa shape index (κ3) is 5.93. The summed E-state index contributed by atoms with van der Waals surface area (Å²) in [5, 5.41) is 2.91. The van der Waals surface area contributed by atoms with Crippen molar-refractivity contribution in [2.75, 3.05) is 29.0 Å². The fourth-order valence-electron chi connectivity index (χ4n) is 3.75. The van der Waals surface area contributed by atoms with Gasteiger partial charge in [0.05, 0.1) is 17.2 Å². The van der Waals surface area contributed by atoms with E-state index < -0.39 is 15.9 Å². The number of sulfonamides is 1. The molecular weight excluding hydrogens is 468 g/mol. The second-order valence-corrected chi connectivity index (χ2v) is 10.7. The Bertz CT molecular complexity index is 1230. The second kappa shape index (κ2) is 11.0. The zero-order chi connectivity index (χ0) is 24.9. The van der Waals surface area contributed by atoms with Crippen LogP contribution in [0.15, 0.2) is 70.5 Å². The van der Waals surface area contributed by atoms with Gasteiger partial charge in [-0.25, -0.2) is 8.42 Å². The molecule has 0 fully saturated rings. The van der Waals surface area contributed by atoms with Gasteiger partial charge in [-0.3, -0.25) is 9.10 Å². The normalized spacial score (nSPS) is 11.2. The molecule has 6 nitrogen and oxygen atoms in total. The number of nitrogens with one attached hydrogen (secondary N) is 1. The fraction of sp³-hybridized carbons (Fsp3) is 0.269. The van der Waals surface area contributed by atoms with Gasteiger partial charge in [-0.15, -0.1) is 11.8 Å². The fourth-order valence-corrected chi connectivity index (χ4v) is 5.58. The monoisotopic (exact) mass is 498 g/mol. The summed E-state index contributed by atoms with van der Waals surface area (Å²) in [6.07, 6.45) is 1.93. The summed E-state index contributed by atoms with van der Waals surface area (Å²) >= 11 is 1.53. The molecule has 0 aliphatic heterocycles. The maximum Gasteiger partial charge on any atom is 0.264 e. The largest absolute Gasteiger partial charge is 0.494 e. The molecule has 3 rings (SSSR count). The lowest BCUT2D eigenvalue weighted by Crippen LogP contribution is -2.38. The first-order valence-electron chi connectivity index (χ1n) is 10.9. The van der Waals surface area contributed by atoms with Crippen molar-refractivity contribution in [3.63, 3.8) is 0 Å². The third-order valence-corrected chi connectivity index (χ3v) is 7.84. The van der Waals surface area contributed by atoms with Gasteiger partial charge >= 0.3 is 0 Å². The van der Waals surface area contributed by atoms with E-state index in [4.69, 9.17) is 4.74 Å². The molecule has 3 aromatic carbocycles. The van der Waals surface area contributed by atoms with Crippen LogP contribution in [0.2, 0.25) is 0 Å². The van der Waals surface area contributed by atoms with Crippen LogP contribution in [0.5, 0.6) is 5.75 Å². The molecule has 0 aromatic heterocycles. The number of amides is 1. The van der Waals surface area contributed by atoms with Gasteiger partial charge in [-0.05, 0) is 93.6 Å². The van der Waals surface area contributed by atoms with Crippen LogP contribution in [-0.4, -0.2) is 33.7 Å². The molecular formula is C26H30N2O4S2. The molecule has 0 spiro atoms. The number of aryl methyl sites for hydroxylation is 3. The van der Waals surface area contributed by atoms with Crippen molar-refractivity contribution in [3.05, 3.63) is 77.4 Å². The highest BCUT2D eigenvalue weighted by Gasteiger charge is 2.27. The highest BCUT2D eigenvalue weighted by atomic mass is 32.2. The van der Waals surface area contributed by atoms with E-state index in [-0.39, 0.29) is 11.4 Å². The quantitative estimate of drug-likeness (QED) is 0.391. The van der Waals surface area contributed by atoms with Crippen molar-refractivity contribution in [1.82, 2.24) is 0 Å². The van der Waals surface area contributed by atoms with Gasteiger partial charge in [0.1, 0.15) is 12.3 Å². The molecule has 0 saturated heterocycles. The first-order chi connectivity index (χ1) is 16.1. The Morgan fingerprint density at radius 2 is 1.56 bits per heavy atom. The summed E-state index contributed by atoms with van der Waals surface area (Å²) in [7, 11) is -4.00. The number of benzene rings is 3. The van der Waals surface area contributed by atoms with Crippen LogP contribution in [0.25, 0.3) is 0 Å². The molecule has 8 heteroatoms.